The Hall–Kier alpha value is -0.240. The maximum absolute atomic E-state index is 8.47. The first kappa shape index (κ1) is 28.0. The van der Waals surface area contributed by atoms with E-state index in [9.17, 15) is 0 Å². The largest absolute Gasteiger partial charge is 0.397 e. The summed E-state index contributed by atoms with van der Waals surface area (Å²) in [5.74, 6) is 0. The van der Waals surface area contributed by atoms with E-state index in [-0.39, 0.29) is 33.0 Å². The smallest absolute Gasteiger partial charge is 0.0528 e. The summed E-state index contributed by atoms with van der Waals surface area (Å²) < 4.78 is 0. The van der Waals surface area contributed by atoms with E-state index in [1.54, 1.807) is 20.8 Å². The molecular weight excluding hydrogens is 264 g/mol. The number of hydrogen-bond acceptors (Lipinski definition) is 6. The normalized spacial score (nSPS) is 9.30. The minimum absolute atomic E-state index is 0.181. The molecule has 0 saturated carbocycles. The predicted molar refractivity (Wildman–Crippen MR) is 81.5 cm³/mol. The topological polar surface area (TPSA) is 121 Å². The van der Waals surface area contributed by atoms with Gasteiger partial charge in [-0.3, -0.25) is 0 Å². The van der Waals surface area contributed by atoms with Crippen molar-refractivity contribution in [2.75, 3.05) is 39.6 Å². The molecule has 0 radical (unpaired) electrons. The third kappa shape index (κ3) is 36.1. The van der Waals surface area contributed by atoms with Gasteiger partial charge in [0, 0.05) is 25.2 Å². The molecule has 0 aliphatic carbocycles. The van der Waals surface area contributed by atoms with E-state index in [0.717, 1.165) is 12.8 Å². The predicted octanol–water partition coefficient (Wildman–Crippen LogP) is 0.136. The Labute approximate surface area is 123 Å². The van der Waals surface area contributed by atoms with Gasteiger partial charge in [-0.2, -0.15) is 0 Å². The summed E-state index contributed by atoms with van der Waals surface area (Å²) in [5.41, 5.74) is -0.708. The molecule has 6 nitrogen and oxygen atoms in total. The molecule has 128 valence electrons. The molecular formula is C14H36O6. The van der Waals surface area contributed by atoms with Gasteiger partial charge in [0.1, 0.15) is 0 Å². The summed E-state index contributed by atoms with van der Waals surface area (Å²) in [4.78, 5) is 0. The van der Waals surface area contributed by atoms with Gasteiger partial charge in [-0.25, -0.2) is 0 Å². The van der Waals surface area contributed by atoms with Gasteiger partial charge in [0.05, 0.1) is 19.8 Å². The molecule has 0 aromatic carbocycles. The van der Waals surface area contributed by atoms with E-state index in [1.807, 2.05) is 0 Å². The van der Waals surface area contributed by atoms with Crippen molar-refractivity contribution in [3.8, 4) is 0 Å². The van der Waals surface area contributed by atoms with Crippen molar-refractivity contribution in [3.05, 3.63) is 0 Å². The Kier molecular flexibility index (Phi) is 38.0. The highest BCUT2D eigenvalue weighted by Crippen LogP contribution is 2.10. The van der Waals surface area contributed by atoms with E-state index in [4.69, 9.17) is 30.6 Å². The lowest BCUT2D eigenvalue weighted by molar-refractivity contribution is 0.0200. The zero-order chi connectivity index (χ0) is 16.9. The zero-order valence-corrected chi connectivity index (χ0v) is 13.5. The van der Waals surface area contributed by atoms with Crippen LogP contribution in [0.2, 0.25) is 0 Å². The van der Waals surface area contributed by atoms with Crippen LogP contribution in [0, 0.1) is 5.41 Å². The average molecular weight is 300 g/mol. The van der Waals surface area contributed by atoms with Crippen molar-refractivity contribution in [1.29, 1.82) is 0 Å². The van der Waals surface area contributed by atoms with E-state index >= 15 is 0 Å². The van der Waals surface area contributed by atoms with Crippen LogP contribution in [0.1, 0.15) is 47.0 Å². The first-order valence-electron chi connectivity index (χ1n) is 7.08. The molecule has 0 aromatic rings. The second-order valence-electron chi connectivity index (χ2n) is 4.35. The highest BCUT2D eigenvalue weighted by Gasteiger charge is 2.20. The highest BCUT2D eigenvalue weighted by atomic mass is 16.3. The molecule has 0 aliphatic heterocycles. The van der Waals surface area contributed by atoms with Crippen molar-refractivity contribution >= 4 is 0 Å². The minimum atomic E-state index is -0.708. The first-order chi connectivity index (χ1) is 9.42. The number of rotatable bonds is 6. The van der Waals surface area contributed by atoms with Crippen molar-refractivity contribution in [2.45, 2.75) is 47.0 Å². The van der Waals surface area contributed by atoms with Crippen LogP contribution in [-0.2, 0) is 0 Å². The van der Waals surface area contributed by atoms with Crippen molar-refractivity contribution in [1.82, 2.24) is 0 Å². The maximum Gasteiger partial charge on any atom is 0.0528 e. The Bertz CT molecular complexity index is 115. The third-order valence-electron chi connectivity index (χ3n) is 1.91. The van der Waals surface area contributed by atoms with Gasteiger partial charge >= 0.3 is 0 Å². The molecule has 0 bridgehead atoms. The SMILES string of the molecule is CC(CO)(CO)CO.CCCCCO.CCO.CCO. The molecule has 0 rings (SSSR count). The van der Waals surface area contributed by atoms with Gasteiger partial charge < -0.3 is 30.6 Å². The number of aliphatic hydroxyl groups excluding tert-OH is 6. The maximum atomic E-state index is 8.47. The molecule has 0 aromatic heterocycles. The van der Waals surface area contributed by atoms with Gasteiger partial charge in [-0.1, -0.05) is 26.7 Å². The molecule has 0 atom stereocenters. The fraction of sp³-hybridized carbons (Fsp3) is 1.00. The monoisotopic (exact) mass is 300 g/mol. The summed E-state index contributed by atoms with van der Waals surface area (Å²) in [6, 6.07) is 0. The lowest BCUT2D eigenvalue weighted by Crippen LogP contribution is -2.29. The minimum Gasteiger partial charge on any atom is -0.397 e. The number of aliphatic hydroxyl groups is 6. The molecule has 0 spiro atoms. The van der Waals surface area contributed by atoms with Gasteiger partial charge in [-0.15, -0.1) is 0 Å². The van der Waals surface area contributed by atoms with Crippen LogP contribution >= 0.6 is 0 Å². The fourth-order valence-electron chi connectivity index (χ4n) is 0.512. The van der Waals surface area contributed by atoms with Gasteiger partial charge in [0.2, 0.25) is 0 Å². The van der Waals surface area contributed by atoms with Gasteiger partial charge in [0.25, 0.3) is 0 Å². The number of hydrogen-bond donors (Lipinski definition) is 6. The molecule has 6 heteroatoms. The van der Waals surface area contributed by atoms with Crippen LogP contribution in [0.3, 0.4) is 0 Å². The molecule has 0 aliphatic rings. The molecule has 6 N–H and O–H groups in total. The molecule has 0 amide bonds. The summed E-state index contributed by atoms with van der Waals surface area (Å²) >= 11 is 0. The van der Waals surface area contributed by atoms with Crippen LogP contribution in [0.15, 0.2) is 0 Å². The summed E-state index contributed by atoms with van der Waals surface area (Å²) in [6.45, 7) is 7.40. The summed E-state index contributed by atoms with van der Waals surface area (Å²) in [6.07, 6.45) is 3.33. The van der Waals surface area contributed by atoms with Gasteiger partial charge in [-0.05, 0) is 20.3 Å². The molecule has 0 heterocycles. The van der Waals surface area contributed by atoms with E-state index in [1.165, 1.54) is 6.42 Å². The van der Waals surface area contributed by atoms with Crippen molar-refractivity contribution in [2.24, 2.45) is 5.41 Å². The first-order valence-corrected chi connectivity index (χ1v) is 7.08. The lowest BCUT2D eigenvalue weighted by atomic mass is 9.95. The lowest BCUT2D eigenvalue weighted by Gasteiger charge is -2.20. The number of unbranched alkanes of at least 4 members (excludes halogenated alkanes) is 2. The van der Waals surface area contributed by atoms with Crippen LogP contribution < -0.4 is 0 Å². The van der Waals surface area contributed by atoms with Crippen LogP contribution in [-0.4, -0.2) is 70.3 Å². The van der Waals surface area contributed by atoms with E-state index in [0.29, 0.717) is 6.61 Å². The van der Waals surface area contributed by atoms with Crippen molar-refractivity contribution in [3.63, 3.8) is 0 Å². The Morgan fingerprint density at radius 1 is 0.650 bits per heavy atom. The Morgan fingerprint density at radius 2 is 0.950 bits per heavy atom. The Balaban J connectivity index is -0.0000000941. The quantitative estimate of drug-likeness (QED) is 0.388. The zero-order valence-electron chi connectivity index (χ0n) is 13.5. The molecule has 0 unspecified atom stereocenters. The van der Waals surface area contributed by atoms with Gasteiger partial charge in [0.15, 0.2) is 0 Å². The molecule has 0 saturated heterocycles. The molecule has 20 heavy (non-hydrogen) atoms. The standard InChI is InChI=1S/C5H12O3.C5H12O.2C2H6O/c1-5(2-6,3-7)4-8;1-2-3-4-5-6;2*1-2-3/h6-8H,2-4H2,1H3;6H,2-5H2,1H3;2*3H,2H2,1H3. The van der Waals surface area contributed by atoms with E-state index < -0.39 is 5.41 Å². The average Bonchev–Trinajstić information content (AvgIpc) is 2.46. The summed E-state index contributed by atoms with van der Waals surface area (Å²) in [5, 5.41) is 48.7. The fourth-order valence-corrected chi connectivity index (χ4v) is 0.512. The van der Waals surface area contributed by atoms with Crippen LogP contribution in [0.4, 0.5) is 0 Å². The summed E-state index contributed by atoms with van der Waals surface area (Å²) in [7, 11) is 0. The second kappa shape index (κ2) is 27.2. The van der Waals surface area contributed by atoms with Crippen molar-refractivity contribution < 1.29 is 30.6 Å². The molecule has 0 fully saturated rings. The van der Waals surface area contributed by atoms with Crippen LogP contribution in [0.25, 0.3) is 0 Å². The van der Waals surface area contributed by atoms with Crippen LogP contribution in [0.5, 0.6) is 0 Å². The Morgan fingerprint density at radius 3 is 1.00 bits per heavy atom. The van der Waals surface area contributed by atoms with E-state index in [2.05, 4.69) is 6.92 Å². The third-order valence-corrected chi connectivity index (χ3v) is 1.91. The highest BCUT2D eigenvalue weighted by molar-refractivity contribution is 4.69. The second-order valence-corrected chi connectivity index (χ2v) is 4.35.